The summed E-state index contributed by atoms with van der Waals surface area (Å²) in [6, 6.07) is 0.372. The van der Waals surface area contributed by atoms with Gasteiger partial charge in [-0.3, -0.25) is 25.0 Å². The summed E-state index contributed by atoms with van der Waals surface area (Å²) in [5.41, 5.74) is -1.95. The van der Waals surface area contributed by atoms with Crippen LogP contribution >= 0.6 is 0 Å². The Morgan fingerprint density at radius 3 is 2.26 bits per heavy atom. The standard InChI is InChI=1S/C16H24FN5O5/c1-10(2)7-13(16(23)18-5-6-20(3)4)19-12-8-11(17)14(21(24)25)9-15(12)22(26)27/h8-10,13,19H,5-7H2,1-4H3,(H,18,23)/t13-/m0/s1. The molecule has 150 valence electrons. The maximum absolute atomic E-state index is 13.9. The molecule has 0 radical (unpaired) electrons. The van der Waals surface area contributed by atoms with Gasteiger partial charge in [0, 0.05) is 19.2 Å². The van der Waals surface area contributed by atoms with Crippen molar-refractivity contribution in [1.82, 2.24) is 10.2 Å². The van der Waals surface area contributed by atoms with Crippen LogP contribution in [0.1, 0.15) is 20.3 Å². The minimum atomic E-state index is -1.22. The van der Waals surface area contributed by atoms with Crippen LogP contribution in [0.15, 0.2) is 12.1 Å². The number of rotatable bonds is 10. The molecule has 0 saturated carbocycles. The minimum Gasteiger partial charge on any atom is -0.368 e. The number of nitro groups is 2. The van der Waals surface area contributed by atoms with Gasteiger partial charge in [0.2, 0.25) is 11.7 Å². The van der Waals surface area contributed by atoms with Crippen LogP contribution in [-0.4, -0.2) is 53.9 Å². The van der Waals surface area contributed by atoms with E-state index in [0.717, 1.165) is 0 Å². The van der Waals surface area contributed by atoms with Crippen LogP contribution in [0.4, 0.5) is 21.5 Å². The van der Waals surface area contributed by atoms with E-state index in [1.165, 1.54) is 0 Å². The first kappa shape index (κ1) is 22.2. The van der Waals surface area contributed by atoms with E-state index in [1.54, 1.807) is 0 Å². The number of nitrogens with zero attached hydrogens (tertiary/aromatic N) is 3. The number of hydrogen-bond acceptors (Lipinski definition) is 7. The Kier molecular flexibility index (Phi) is 8.03. The van der Waals surface area contributed by atoms with Gasteiger partial charge >= 0.3 is 5.69 Å². The fourth-order valence-corrected chi connectivity index (χ4v) is 2.37. The number of anilines is 1. The quantitative estimate of drug-likeness (QED) is 0.466. The Morgan fingerprint density at radius 2 is 1.78 bits per heavy atom. The van der Waals surface area contributed by atoms with Crippen molar-refractivity contribution >= 4 is 23.0 Å². The lowest BCUT2D eigenvalue weighted by Crippen LogP contribution is -2.42. The molecule has 0 saturated heterocycles. The molecule has 2 N–H and O–H groups in total. The molecule has 0 bridgehead atoms. The van der Waals surface area contributed by atoms with E-state index in [4.69, 9.17) is 0 Å². The number of carbonyl (C=O) groups is 1. The summed E-state index contributed by atoms with van der Waals surface area (Å²) in [4.78, 5) is 34.5. The lowest BCUT2D eigenvalue weighted by Gasteiger charge is -2.21. The molecule has 1 aromatic carbocycles. The topological polar surface area (TPSA) is 131 Å². The maximum atomic E-state index is 13.9. The highest BCUT2D eigenvalue weighted by molar-refractivity contribution is 5.85. The molecule has 10 nitrogen and oxygen atoms in total. The van der Waals surface area contributed by atoms with Crippen LogP contribution in [0.3, 0.4) is 0 Å². The van der Waals surface area contributed by atoms with Crippen molar-refractivity contribution in [3.8, 4) is 0 Å². The number of likely N-dealkylation sites (N-methyl/N-ethyl adjacent to an activating group) is 1. The normalized spacial score (nSPS) is 12.1. The Balaban J connectivity index is 3.12. The number of benzene rings is 1. The summed E-state index contributed by atoms with van der Waals surface area (Å²) in [5.74, 6) is -1.54. The Labute approximate surface area is 156 Å². The van der Waals surface area contributed by atoms with E-state index < -0.39 is 39.0 Å². The van der Waals surface area contributed by atoms with Crippen molar-refractivity contribution in [3.05, 3.63) is 38.2 Å². The minimum absolute atomic E-state index is 0.0732. The van der Waals surface area contributed by atoms with Crippen molar-refractivity contribution in [2.24, 2.45) is 5.92 Å². The Hall–Kier alpha value is -2.82. The largest absolute Gasteiger partial charge is 0.368 e. The predicted octanol–water partition coefficient (Wildman–Crippen LogP) is 2.15. The number of hydrogen-bond donors (Lipinski definition) is 2. The molecular formula is C16H24FN5O5. The molecule has 0 unspecified atom stereocenters. The molecule has 0 aliphatic carbocycles. The van der Waals surface area contributed by atoms with E-state index in [2.05, 4.69) is 10.6 Å². The van der Waals surface area contributed by atoms with E-state index in [1.807, 2.05) is 32.8 Å². The molecule has 0 spiro atoms. The fourth-order valence-electron chi connectivity index (χ4n) is 2.37. The van der Waals surface area contributed by atoms with Crippen molar-refractivity contribution in [2.45, 2.75) is 26.3 Å². The second-order valence-corrected chi connectivity index (χ2v) is 6.76. The summed E-state index contributed by atoms with van der Waals surface area (Å²) in [5, 5.41) is 27.4. The maximum Gasteiger partial charge on any atom is 0.311 e. The molecule has 0 fully saturated rings. The van der Waals surface area contributed by atoms with Gasteiger partial charge in [-0.05, 0) is 26.4 Å². The van der Waals surface area contributed by atoms with Gasteiger partial charge in [-0.15, -0.1) is 0 Å². The zero-order valence-electron chi connectivity index (χ0n) is 15.7. The SMILES string of the molecule is CC(C)C[C@H](Nc1cc(F)c([N+](=O)[O-])cc1[N+](=O)[O-])C(=O)NCCN(C)C. The van der Waals surface area contributed by atoms with Gasteiger partial charge < -0.3 is 15.5 Å². The van der Waals surface area contributed by atoms with Crippen molar-refractivity contribution in [2.75, 3.05) is 32.5 Å². The fraction of sp³-hybridized carbons (Fsp3) is 0.562. The molecule has 0 aliphatic heterocycles. The molecule has 1 amide bonds. The zero-order valence-corrected chi connectivity index (χ0v) is 15.7. The lowest BCUT2D eigenvalue weighted by atomic mass is 10.0. The van der Waals surface area contributed by atoms with Crippen molar-refractivity contribution in [3.63, 3.8) is 0 Å². The molecule has 27 heavy (non-hydrogen) atoms. The van der Waals surface area contributed by atoms with E-state index in [0.29, 0.717) is 31.6 Å². The third-order valence-electron chi connectivity index (χ3n) is 3.67. The Bertz CT molecular complexity index is 711. The molecule has 0 aromatic heterocycles. The van der Waals surface area contributed by atoms with Gasteiger partial charge in [0.1, 0.15) is 11.7 Å². The summed E-state index contributed by atoms with van der Waals surface area (Å²) in [6.07, 6.45) is 0.337. The van der Waals surface area contributed by atoms with Crippen LogP contribution in [0, 0.1) is 32.0 Å². The molecular weight excluding hydrogens is 361 g/mol. The highest BCUT2D eigenvalue weighted by Gasteiger charge is 2.28. The second-order valence-electron chi connectivity index (χ2n) is 6.76. The van der Waals surface area contributed by atoms with Crippen molar-refractivity contribution in [1.29, 1.82) is 0 Å². The number of nitrogens with one attached hydrogen (secondary N) is 2. The van der Waals surface area contributed by atoms with Crippen LogP contribution in [0.25, 0.3) is 0 Å². The molecule has 0 aliphatic rings. The summed E-state index contributed by atoms with van der Waals surface area (Å²) in [6.45, 7) is 4.71. The smallest absolute Gasteiger partial charge is 0.311 e. The Morgan fingerprint density at radius 1 is 1.19 bits per heavy atom. The third-order valence-corrected chi connectivity index (χ3v) is 3.67. The van der Waals surface area contributed by atoms with Crippen LogP contribution in [0.2, 0.25) is 0 Å². The van der Waals surface area contributed by atoms with Crippen molar-refractivity contribution < 1.29 is 19.0 Å². The van der Waals surface area contributed by atoms with Gasteiger partial charge in [0.15, 0.2) is 0 Å². The predicted molar refractivity (Wildman–Crippen MR) is 98.1 cm³/mol. The molecule has 0 heterocycles. The molecule has 11 heteroatoms. The third kappa shape index (κ3) is 6.77. The average molecular weight is 385 g/mol. The van der Waals surface area contributed by atoms with Gasteiger partial charge in [-0.25, -0.2) is 0 Å². The van der Waals surface area contributed by atoms with Crippen LogP contribution in [-0.2, 0) is 4.79 Å². The first-order chi connectivity index (χ1) is 12.5. The van der Waals surface area contributed by atoms with Gasteiger partial charge in [0.25, 0.3) is 5.69 Å². The van der Waals surface area contributed by atoms with Gasteiger partial charge in [0.05, 0.1) is 15.9 Å². The summed E-state index contributed by atoms with van der Waals surface area (Å²) in [7, 11) is 3.69. The zero-order chi connectivity index (χ0) is 20.7. The van der Waals surface area contributed by atoms with Crippen LogP contribution < -0.4 is 10.6 Å². The highest BCUT2D eigenvalue weighted by Crippen LogP contribution is 2.32. The number of amides is 1. The monoisotopic (exact) mass is 385 g/mol. The summed E-state index contributed by atoms with van der Waals surface area (Å²) < 4.78 is 13.9. The van der Waals surface area contributed by atoms with Crippen LogP contribution in [0.5, 0.6) is 0 Å². The highest BCUT2D eigenvalue weighted by atomic mass is 19.1. The first-order valence-electron chi connectivity index (χ1n) is 8.34. The molecule has 1 atom stereocenters. The van der Waals surface area contributed by atoms with E-state index >= 15 is 0 Å². The first-order valence-corrected chi connectivity index (χ1v) is 8.34. The second kappa shape index (κ2) is 9.76. The molecule has 1 aromatic rings. The van der Waals surface area contributed by atoms with E-state index in [-0.39, 0.29) is 11.6 Å². The average Bonchev–Trinajstić information content (AvgIpc) is 2.52. The van der Waals surface area contributed by atoms with Gasteiger partial charge in [-0.1, -0.05) is 13.8 Å². The van der Waals surface area contributed by atoms with E-state index in [9.17, 15) is 29.4 Å². The number of nitro benzene ring substituents is 2. The molecule has 1 rings (SSSR count). The van der Waals surface area contributed by atoms with Gasteiger partial charge in [-0.2, -0.15) is 4.39 Å². The summed E-state index contributed by atoms with van der Waals surface area (Å²) >= 11 is 0. The number of carbonyl (C=O) groups excluding carboxylic acids is 1. The lowest BCUT2D eigenvalue weighted by molar-refractivity contribution is -0.395. The number of halogens is 1.